The first-order valence-electron chi connectivity index (χ1n) is 11.0. The Morgan fingerprint density at radius 3 is 2.09 bits per heavy atom. The molecular formula is C25H32N2O7S. The van der Waals surface area contributed by atoms with E-state index >= 15 is 0 Å². The molecule has 2 aromatic rings. The Balaban J connectivity index is 2.04. The van der Waals surface area contributed by atoms with Crippen LogP contribution in [0.2, 0.25) is 0 Å². The number of hydrogen-bond donors (Lipinski definition) is 1. The van der Waals surface area contributed by atoms with Gasteiger partial charge in [0.05, 0.1) is 4.90 Å². The molecule has 0 heterocycles. The van der Waals surface area contributed by atoms with Gasteiger partial charge in [0.25, 0.3) is 10.0 Å². The van der Waals surface area contributed by atoms with E-state index in [1.54, 1.807) is 71.9 Å². The molecule has 0 aliphatic carbocycles. The van der Waals surface area contributed by atoms with Crippen molar-refractivity contribution in [2.45, 2.75) is 64.0 Å². The highest BCUT2D eigenvalue weighted by Gasteiger charge is 2.37. The molecule has 0 spiro atoms. The first-order valence-corrected chi connectivity index (χ1v) is 12.5. The minimum atomic E-state index is -3.90. The number of benzene rings is 2. The molecule has 190 valence electrons. The molecule has 9 nitrogen and oxygen atoms in total. The zero-order valence-electron chi connectivity index (χ0n) is 20.8. The van der Waals surface area contributed by atoms with Crippen molar-refractivity contribution in [3.63, 3.8) is 0 Å². The van der Waals surface area contributed by atoms with Crippen LogP contribution < -0.4 is 4.72 Å². The normalized spacial score (nSPS) is 11.9. The quantitative estimate of drug-likeness (QED) is 0.513. The van der Waals surface area contributed by atoms with E-state index < -0.39 is 39.1 Å². The number of amides is 2. The number of carbonyl (C=O) groups excluding carboxylic acids is 3. The van der Waals surface area contributed by atoms with Crippen molar-refractivity contribution in [1.82, 2.24) is 4.90 Å². The standard InChI is InChI=1S/C25H32N2O7S/c1-24(2,3)27(23(30)34-25(4,5)6)22(29)33-16-15-21(28)18-11-10-14-20(17-18)35(31,32)26-19-12-8-7-9-13-19/h7-14,17,26H,15-16H2,1-6H3. The third-order valence-corrected chi connectivity index (χ3v) is 5.86. The number of ether oxygens (including phenoxy) is 2. The van der Waals surface area contributed by atoms with Gasteiger partial charge in [0.15, 0.2) is 5.78 Å². The molecule has 0 aromatic heterocycles. The fraction of sp³-hybridized carbons (Fsp3) is 0.400. The van der Waals surface area contributed by atoms with Gasteiger partial charge in [-0.25, -0.2) is 22.9 Å². The lowest BCUT2D eigenvalue weighted by molar-refractivity contribution is 0.00457. The van der Waals surface area contributed by atoms with Crippen LogP contribution in [0.4, 0.5) is 15.3 Å². The number of sulfonamides is 1. The van der Waals surface area contributed by atoms with Crippen molar-refractivity contribution in [2.75, 3.05) is 11.3 Å². The van der Waals surface area contributed by atoms with Gasteiger partial charge in [0, 0.05) is 23.2 Å². The Labute approximate surface area is 206 Å². The summed E-state index contributed by atoms with van der Waals surface area (Å²) in [6.45, 7) is 9.70. The summed E-state index contributed by atoms with van der Waals surface area (Å²) in [4.78, 5) is 38.5. The summed E-state index contributed by atoms with van der Waals surface area (Å²) < 4.78 is 38.3. The maximum Gasteiger partial charge on any atom is 0.420 e. The van der Waals surface area contributed by atoms with E-state index in [9.17, 15) is 22.8 Å². The molecule has 0 fully saturated rings. The second kappa shape index (κ2) is 10.9. The first-order chi connectivity index (χ1) is 16.1. The lowest BCUT2D eigenvalue weighted by Crippen LogP contribution is -2.51. The van der Waals surface area contributed by atoms with Gasteiger partial charge in [0.1, 0.15) is 12.2 Å². The number of carbonyl (C=O) groups is 3. The van der Waals surface area contributed by atoms with Crippen molar-refractivity contribution in [2.24, 2.45) is 0 Å². The number of anilines is 1. The van der Waals surface area contributed by atoms with Gasteiger partial charge in [0.2, 0.25) is 0 Å². The molecule has 0 unspecified atom stereocenters. The smallest absolute Gasteiger partial charge is 0.420 e. The molecule has 2 amide bonds. The van der Waals surface area contributed by atoms with E-state index in [2.05, 4.69) is 4.72 Å². The Hall–Kier alpha value is -3.40. The van der Waals surface area contributed by atoms with Gasteiger partial charge in [-0.3, -0.25) is 9.52 Å². The van der Waals surface area contributed by atoms with Gasteiger partial charge < -0.3 is 9.47 Å². The molecule has 0 radical (unpaired) electrons. The predicted octanol–water partition coefficient (Wildman–Crippen LogP) is 5.23. The molecular weight excluding hydrogens is 472 g/mol. The summed E-state index contributed by atoms with van der Waals surface area (Å²) in [7, 11) is -3.90. The Morgan fingerprint density at radius 2 is 1.51 bits per heavy atom. The van der Waals surface area contributed by atoms with Gasteiger partial charge in [-0.1, -0.05) is 30.3 Å². The monoisotopic (exact) mass is 504 g/mol. The van der Waals surface area contributed by atoms with E-state index in [-0.39, 0.29) is 23.5 Å². The molecule has 2 aromatic carbocycles. The van der Waals surface area contributed by atoms with Crippen LogP contribution in [0.15, 0.2) is 59.5 Å². The number of Topliss-reactive ketones (excluding diaryl/α,β-unsaturated/α-hetero) is 1. The minimum absolute atomic E-state index is 0.0759. The number of ketones is 1. The summed E-state index contributed by atoms with van der Waals surface area (Å²) in [6, 6.07) is 14.0. The highest BCUT2D eigenvalue weighted by molar-refractivity contribution is 7.92. The highest BCUT2D eigenvalue weighted by Crippen LogP contribution is 2.21. The Morgan fingerprint density at radius 1 is 0.886 bits per heavy atom. The van der Waals surface area contributed by atoms with E-state index in [1.165, 1.54) is 24.3 Å². The van der Waals surface area contributed by atoms with Crippen LogP contribution in [0, 0.1) is 0 Å². The van der Waals surface area contributed by atoms with Crippen LogP contribution in [0.5, 0.6) is 0 Å². The number of nitrogens with zero attached hydrogens (tertiary/aromatic N) is 1. The van der Waals surface area contributed by atoms with Crippen molar-refractivity contribution in [3.8, 4) is 0 Å². The Bertz CT molecular complexity index is 1160. The molecule has 1 N–H and O–H groups in total. The van der Waals surface area contributed by atoms with Crippen molar-refractivity contribution in [3.05, 3.63) is 60.2 Å². The SMILES string of the molecule is CC(C)(C)OC(=O)N(C(=O)OCCC(=O)c1cccc(S(=O)(=O)Nc2ccccc2)c1)C(C)(C)C. The van der Waals surface area contributed by atoms with Crippen LogP contribution in [0.3, 0.4) is 0 Å². The third kappa shape index (κ3) is 8.40. The minimum Gasteiger partial charge on any atom is -0.449 e. The van der Waals surface area contributed by atoms with Gasteiger partial charge >= 0.3 is 12.2 Å². The van der Waals surface area contributed by atoms with Gasteiger partial charge in [-0.15, -0.1) is 0 Å². The van der Waals surface area contributed by atoms with Crippen LogP contribution in [0.25, 0.3) is 0 Å². The lowest BCUT2D eigenvalue weighted by Gasteiger charge is -2.34. The molecule has 0 aliphatic rings. The van der Waals surface area contributed by atoms with E-state index in [1.807, 2.05) is 0 Å². The molecule has 0 aliphatic heterocycles. The third-order valence-electron chi connectivity index (χ3n) is 4.48. The number of para-hydroxylation sites is 1. The molecule has 0 atom stereocenters. The number of imide groups is 1. The summed E-state index contributed by atoms with van der Waals surface area (Å²) in [6.07, 6.45) is -2.00. The average molecular weight is 505 g/mol. The van der Waals surface area contributed by atoms with E-state index in [4.69, 9.17) is 9.47 Å². The lowest BCUT2D eigenvalue weighted by atomic mass is 10.1. The zero-order valence-corrected chi connectivity index (χ0v) is 21.6. The summed E-state index contributed by atoms with van der Waals surface area (Å²) in [5.41, 5.74) is -1.18. The van der Waals surface area contributed by atoms with Crippen LogP contribution in [-0.4, -0.2) is 49.0 Å². The number of nitrogens with one attached hydrogen (secondary N) is 1. The van der Waals surface area contributed by atoms with Gasteiger partial charge in [-0.05, 0) is 65.8 Å². The van der Waals surface area contributed by atoms with Crippen LogP contribution in [0.1, 0.15) is 58.3 Å². The first kappa shape index (κ1) is 27.8. The largest absolute Gasteiger partial charge is 0.449 e. The second-order valence-electron chi connectivity index (χ2n) is 9.77. The number of rotatable bonds is 7. The summed E-state index contributed by atoms with van der Waals surface area (Å²) >= 11 is 0. The van der Waals surface area contributed by atoms with E-state index in [0.717, 1.165) is 4.90 Å². The molecule has 0 bridgehead atoms. The summed E-state index contributed by atoms with van der Waals surface area (Å²) in [5, 5.41) is 0. The molecule has 2 rings (SSSR count). The van der Waals surface area contributed by atoms with Crippen molar-refractivity contribution >= 4 is 33.7 Å². The Kier molecular flexibility index (Phi) is 8.67. The predicted molar refractivity (Wildman–Crippen MR) is 132 cm³/mol. The highest BCUT2D eigenvalue weighted by atomic mass is 32.2. The second-order valence-corrected chi connectivity index (χ2v) is 11.5. The van der Waals surface area contributed by atoms with Gasteiger partial charge in [-0.2, -0.15) is 0 Å². The molecule has 35 heavy (non-hydrogen) atoms. The zero-order chi connectivity index (χ0) is 26.4. The fourth-order valence-electron chi connectivity index (χ4n) is 2.93. The molecule has 0 saturated carbocycles. The average Bonchev–Trinajstić information content (AvgIpc) is 2.72. The fourth-order valence-corrected chi connectivity index (χ4v) is 4.03. The van der Waals surface area contributed by atoms with Crippen molar-refractivity contribution in [1.29, 1.82) is 0 Å². The number of hydrogen-bond acceptors (Lipinski definition) is 7. The van der Waals surface area contributed by atoms with Crippen LogP contribution in [-0.2, 0) is 19.5 Å². The topological polar surface area (TPSA) is 119 Å². The maximum absolute atomic E-state index is 12.7. The maximum atomic E-state index is 12.7. The van der Waals surface area contributed by atoms with Crippen LogP contribution >= 0.6 is 0 Å². The summed E-state index contributed by atoms with van der Waals surface area (Å²) in [5.74, 6) is -0.422. The molecule has 10 heteroatoms. The van der Waals surface area contributed by atoms with E-state index in [0.29, 0.717) is 5.69 Å². The van der Waals surface area contributed by atoms with Crippen molar-refractivity contribution < 1.29 is 32.3 Å². The molecule has 0 saturated heterocycles.